The summed E-state index contributed by atoms with van der Waals surface area (Å²) >= 11 is 0. The lowest BCUT2D eigenvalue weighted by molar-refractivity contribution is -0.139. The lowest BCUT2D eigenvalue weighted by Crippen LogP contribution is -2.52. The molecular formula is C15H26N2O3. The highest BCUT2D eigenvalue weighted by atomic mass is 16.4. The summed E-state index contributed by atoms with van der Waals surface area (Å²) in [7, 11) is 1.86. The second-order valence-electron chi connectivity index (χ2n) is 6.44. The lowest BCUT2D eigenvalue weighted by atomic mass is 9.77. The van der Waals surface area contributed by atoms with Gasteiger partial charge in [0.05, 0.1) is 6.04 Å². The van der Waals surface area contributed by atoms with Crippen molar-refractivity contribution < 1.29 is 14.7 Å². The summed E-state index contributed by atoms with van der Waals surface area (Å²) in [5.41, 5.74) is 6.15. The van der Waals surface area contributed by atoms with Crippen LogP contribution in [-0.2, 0) is 9.59 Å². The average Bonchev–Trinajstić information content (AvgIpc) is 2.35. The molecule has 2 rings (SSSR count). The molecule has 5 nitrogen and oxygen atoms in total. The van der Waals surface area contributed by atoms with E-state index in [4.69, 9.17) is 10.8 Å². The first-order valence-corrected chi connectivity index (χ1v) is 7.73. The van der Waals surface area contributed by atoms with E-state index in [0.29, 0.717) is 6.04 Å². The van der Waals surface area contributed by atoms with Gasteiger partial charge in [0.2, 0.25) is 5.91 Å². The normalized spacial score (nSPS) is 28.5. The van der Waals surface area contributed by atoms with Crippen molar-refractivity contribution in [1.29, 1.82) is 0 Å². The van der Waals surface area contributed by atoms with Gasteiger partial charge in [-0.2, -0.15) is 0 Å². The van der Waals surface area contributed by atoms with E-state index in [0.717, 1.165) is 38.5 Å². The first-order valence-electron chi connectivity index (χ1n) is 7.73. The number of carbonyl (C=O) groups is 2. The van der Waals surface area contributed by atoms with Gasteiger partial charge in [0.1, 0.15) is 0 Å². The van der Waals surface area contributed by atoms with Gasteiger partial charge < -0.3 is 15.7 Å². The SMILES string of the molecule is CN(C(=O)[C@@H](N)C1CCC(CC(=O)O)CC1)C1CCC1. The average molecular weight is 282 g/mol. The van der Waals surface area contributed by atoms with Gasteiger partial charge in [-0.05, 0) is 56.8 Å². The molecule has 2 aliphatic rings. The Kier molecular flexibility index (Phi) is 5.02. The maximum Gasteiger partial charge on any atom is 0.303 e. The third-order valence-electron chi connectivity index (χ3n) is 5.12. The van der Waals surface area contributed by atoms with Crippen molar-refractivity contribution in [3.8, 4) is 0 Å². The van der Waals surface area contributed by atoms with Crippen molar-refractivity contribution in [3.05, 3.63) is 0 Å². The second kappa shape index (κ2) is 6.57. The zero-order valence-corrected chi connectivity index (χ0v) is 12.3. The number of likely N-dealkylation sites (N-methyl/N-ethyl adjacent to an activating group) is 1. The predicted octanol–water partition coefficient (Wildman–Crippen LogP) is 1.61. The van der Waals surface area contributed by atoms with E-state index < -0.39 is 12.0 Å². The molecule has 2 fully saturated rings. The highest BCUT2D eigenvalue weighted by Crippen LogP contribution is 2.33. The molecule has 0 aromatic carbocycles. The van der Waals surface area contributed by atoms with Crippen molar-refractivity contribution in [2.75, 3.05) is 7.05 Å². The number of hydrogen-bond donors (Lipinski definition) is 2. The van der Waals surface area contributed by atoms with E-state index in [2.05, 4.69) is 0 Å². The fourth-order valence-electron chi connectivity index (χ4n) is 3.39. The van der Waals surface area contributed by atoms with Crippen LogP contribution >= 0.6 is 0 Å². The number of nitrogens with zero attached hydrogens (tertiary/aromatic N) is 1. The number of hydrogen-bond acceptors (Lipinski definition) is 3. The molecule has 0 aromatic rings. The molecule has 1 atom stereocenters. The van der Waals surface area contributed by atoms with Gasteiger partial charge >= 0.3 is 5.97 Å². The molecular weight excluding hydrogens is 256 g/mol. The number of carboxylic acid groups (broad SMARTS) is 1. The van der Waals surface area contributed by atoms with E-state index >= 15 is 0 Å². The highest BCUT2D eigenvalue weighted by molar-refractivity contribution is 5.82. The number of carboxylic acids is 1. The molecule has 0 spiro atoms. The van der Waals surface area contributed by atoms with Crippen LogP contribution in [0.1, 0.15) is 51.4 Å². The standard InChI is InChI=1S/C15H26N2O3/c1-17(12-3-2-4-12)15(20)14(16)11-7-5-10(6-8-11)9-13(18)19/h10-12,14H,2-9,16H2,1H3,(H,18,19)/t10?,11?,14-/m0/s1. The van der Waals surface area contributed by atoms with E-state index in [1.54, 1.807) is 0 Å². The Morgan fingerprint density at radius 1 is 1.20 bits per heavy atom. The Labute approximate surface area is 120 Å². The Hall–Kier alpha value is -1.10. The van der Waals surface area contributed by atoms with E-state index in [9.17, 15) is 9.59 Å². The molecule has 5 heteroatoms. The molecule has 1 amide bonds. The molecule has 3 N–H and O–H groups in total. The largest absolute Gasteiger partial charge is 0.481 e. The summed E-state index contributed by atoms with van der Waals surface area (Å²) in [6.45, 7) is 0. The van der Waals surface area contributed by atoms with Crippen molar-refractivity contribution in [2.24, 2.45) is 17.6 Å². The monoisotopic (exact) mass is 282 g/mol. The Morgan fingerprint density at radius 3 is 2.25 bits per heavy atom. The van der Waals surface area contributed by atoms with Crippen LogP contribution in [0.3, 0.4) is 0 Å². The third-order valence-corrected chi connectivity index (χ3v) is 5.12. The molecule has 0 saturated heterocycles. The molecule has 0 aromatic heterocycles. The fourth-order valence-corrected chi connectivity index (χ4v) is 3.39. The number of amides is 1. The Morgan fingerprint density at radius 2 is 1.80 bits per heavy atom. The Bertz CT molecular complexity index is 360. The quantitative estimate of drug-likeness (QED) is 0.802. The minimum atomic E-state index is -0.724. The molecule has 2 saturated carbocycles. The highest BCUT2D eigenvalue weighted by Gasteiger charge is 2.34. The van der Waals surface area contributed by atoms with Crippen molar-refractivity contribution in [1.82, 2.24) is 4.90 Å². The third kappa shape index (κ3) is 3.51. The van der Waals surface area contributed by atoms with Gasteiger partial charge in [-0.25, -0.2) is 0 Å². The van der Waals surface area contributed by atoms with Crippen LogP contribution in [0.15, 0.2) is 0 Å². The summed E-state index contributed by atoms with van der Waals surface area (Å²) in [4.78, 5) is 24.9. The smallest absolute Gasteiger partial charge is 0.303 e. The minimum Gasteiger partial charge on any atom is -0.481 e. The molecule has 2 aliphatic carbocycles. The van der Waals surface area contributed by atoms with Crippen LogP contribution in [-0.4, -0.2) is 41.0 Å². The first kappa shape index (κ1) is 15.3. The number of aliphatic carboxylic acids is 1. The van der Waals surface area contributed by atoms with Crippen LogP contribution in [0.25, 0.3) is 0 Å². The van der Waals surface area contributed by atoms with E-state index in [-0.39, 0.29) is 24.2 Å². The summed E-state index contributed by atoms with van der Waals surface area (Å²) in [6, 6.07) is -0.0247. The number of carbonyl (C=O) groups excluding carboxylic acids is 1. The molecule has 0 aliphatic heterocycles. The molecule has 0 heterocycles. The molecule has 20 heavy (non-hydrogen) atoms. The van der Waals surface area contributed by atoms with Gasteiger partial charge in [0, 0.05) is 19.5 Å². The van der Waals surface area contributed by atoms with Gasteiger partial charge in [-0.15, -0.1) is 0 Å². The van der Waals surface area contributed by atoms with Crippen molar-refractivity contribution in [3.63, 3.8) is 0 Å². The Balaban J connectivity index is 1.80. The zero-order valence-electron chi connectivity index (χ0n) is 12.3. The summed E-state index contributed by atoms with van der Waals surface area (Å²) < 4.78 is 0. The van der Waals surface area contributed by atoms with Crippen LogP contribution in [0.2, 0.25) is 0 Å². The van der Waals surface area contributed by atoms with Crippen LogP contribution < -0.4 is 5.73 Å². The van der Waals surface area contributed by atoms with Crippen molar-refractivity contribution >= 4 is 11.9 Å². The maximum absolute atomic E-state index is 12.3. The first-order chi connectivity index (χ1) is 9.49. The predicted molar refractivity (Wildman–Crippen MR) is 76.1 cm³/mol. The minimum absolute atomic E-state index is 0.0661. The zero-order chi connectivity index (χ0) is 14.7. The van der Waals surface area contributed by atoms with Gasteiger partial charge in [-0.1, -0.05) is 0 Å². The second-order valence-corrected chi connectivity index (χ2v) is 6.44. The maximum atomic E-state index is 12.3. The number of nitrogens with two attached hydrogens (primary N) is 1. The van der Waals surface area contributed by atoms with E-state index in [1.165, 1.54) is 6.42 Å². The molecule has 0 bridgehead atoms. The fraction of sp³-hybridized carbons (Fsp3) is 0.867. The topological polar surface area (TPSA) is 83.6 Å². The summed E-state index contributed by atoms with van der Waals surface area (Å²) in [6.07, 6.45) is 7.17. The molecule has 114 valence electrons. The van der Waals surface area contributed by atoms with Crippen LogP contribution in [0.4, 0.5) is 0 Å². The summed E-state index contributed by atoms with van der Waals surface area (Å²) in [5, 5.41) is 8.81. The number of rotatable bonds is 5. The van der Waals surface area contributed by atoms with Gasteiger partial charge in [0.15, 0.2) is 0 Å². The van der Waals surface area contributed by atoms with E-state index in [1.807, 2.05) is 11.9 Å². The van der Waals surface area contributed by atoms with Crippen LogP contribution in [0.5, 0.6) is 0 Å². The molecule has 0 unspecified atom stereocenters. The van der Waals surface area contributed by atoms with Gasteiger partial charge in [0.25, 0.3) is 0 Å². The van der Waals surface area contributed by atoms with Gasteiger partial charge in [-0.3, -0.25) is 9.59 Å². The van der Waals surface area contributed by atoms with Crippen molar-refractivity contribution in [2.45, 2.75) is 63.5 Å². The summed E-state index contributed by atoms with van der Waals surface area (Å²) in [5.74, 6) is -0.180. The lowest BCUT2D eigenvalue weighted by Gasteiger charge is -2.38. The van der Waals surface area contributed by atoms with Crippen LogP contribution in [0, 0.1) is 11.8 Å². The molecule has 0 radical (unpaired) electrons.